The number of thiazole rings is 1. The van der Waals surface area contributed by atoms with Crippen LogP contribution in [0.1, 0.15) is 0 Å². The topological polar surface area (TPSA) is 59.9 Å². The minimum Gasteiger partial charge on any atom is -0.480 e. The molecule has 2 aromatic heterocycles. The molecule has 0 radical (unpaired) electrons. The Bertz CT molecular complexity index is 698. The number of hydrogen-bond donors (Lipinski definition) is 1. The van der Waals surface area contributed by atoms with Crippen LogP contribution in [0.25, 0.3) is 10.2 Å². The van der Waals surface area contributed by atoms with Crippen molar-refractivity contribution in [1.82, 2.24) is 15.0 Å². The monoisotopic (exact) mass is 336 g/mol. The van der Waals surface area contributed by atoms with E-state index < -0.39 is 0 Å². The second-order valence-corrected chi connectivity index (χ2v) is 5.55. The second-order valence-electron chi connectivity index (χ2n) is 3.66. The number of halogens is 1. The van der Waals surface area contributed by atoms with E-state index in [9.17, 15) is 0 Å². The molecule has 0 spiro atoms. The minimum atomic E-state index is 0.458. The molecule has 0 aliphatic heterocycles. The summed E-state index contributed by atoms with van der Waals surface area (Å²) in [4.78, 5) is 12.9. The maximum absolute atomic E-state index is 5.13. The van der Waals surface area contributed by atoms with E-state index in [1.807, 2.05) is 24.3 Å². The molecule has 0 fully saturated rings. The quantitative estimate of drug-likeness (QED) is 0.791. The molecule has 96 valence electrons. The summed E-state index contributed by atoms with van der Waals surface area (Å²) in [6.45, 7) is 0. The van der Waals surface area contributed by atoms with Crippen molar-refractivity contribution >= 4 is 48.6 Å². The maximum atomic E-state index is 5.13. The van der Waals surface area contributed by atoms with Gasteiger partial charge in [-0.25, -0.2) is 9.97 Å². The molecule has 1 aromatic carbocycles. The van der Waals surface area contributed by atoms with Crippen molar-refractivity contribution in [3.8, 4) is 5.88 Å². The third-order valence-electron chi connectivity index (χ3n) is 2.42. The van der Waals surface area contributed by atoms with Crippen LogP contribution in [0.3, 0.4) is 0 Å². The average Bonchev–Trinajstić information content (AvgIpc) is 2.83. The summed E-state index contributed by atoms with van der Waals surface area (Å²) in [6, 6.07) is 7.95. The zero-order valence-corrected chi connectivity index (χ0v) is 12.3. The molecule has 0 bridgehead atoms. The number of hydrogen-bond acceptors (Lipinski definition) is 6. The van der Waals surface area contributed by atoms with Crippen LogP contribution in [-0.2, 0) is 0 Å². The van der Waals surface area contributed by atoms with Gasteiger partial charge in [-0.15, -0.1) is 0 Å². The molecule has 0 unspecified atom stereocenters. The Morgan fingerprint density at radius 1 is 1.26 bits per heavy atom. The molecule has 0 saturated heterocycles. The number of benzene rings is 1. The normalized spacial score (nSPS) is 10.6. The fourth-order valence-electron chi connectivity index (χ4n) is 1.58. The summed E-state index contributed by atoms with van der Waals surface area (Å²) < 4.78 is 6.96. The number of aromatic nitrogens is 3. The zero-order chi connectivity index (χ0) is 13.2. The minimum absolute atomic E-state index is 0.458. The van der Waals surface area contributed by atoms with Crippen molar-refractivity contribution in [2.45, 2.75) is 0 Å². The van der Waals surface area contributed by atoms with E-state index in [0.29, 0.717) is 16.3 Å². The van der Waals surface area contributed by atoms with Crippen LogP contribution < -0.4 is 10.1 Å². The molecule has 3 rings (SSSR count). The molecule has 0 amide bonds. The lowest BCUT2D eigenvalue weighted by molar-refractivity contribution is 0.394. The van der Waals surface area contributed by atoms with Gasteiger partial charge in [-0.3, -0.25) is 5.32 Å². The van der Waals surface area contributed by atoms with Crippen LogP contribution in [0.4, 0.5) is 11.1 Å². The average molecular weight is 337 g/mol. The number of methoxy groups -OCH3 is 1. The van der Waals surface area contributed by atoms with Crippen LogP contribution >= 0.6 is 27.3 Å². The standard InChI is InChI=1S/C12H9BrN4OS/c1-18-10-7(13)6-14-11(16-10)17-12-15-8-4-2-3-5-9(8)19-12/h2-6H,1H3,(H,14,15,16,17). The number of nitrogens with zero attached hydrogens (tertiary/aromatic N) is 3. The summed E-state index contributed by atoms with van der Waals surface area (Å²) in [6.07, 6.45) is 1.64. The molecule has 0 aliphatic carbocycles. The molecule has 0 aliphatic rings. The SMILES string of the molecule is COc1nc(Nc2nc3ccccc3s2)ncc1Br. The number of para-hydroxylation sites is 1. The summed E-state index contributed by atoms with van der Waals surface area (Å²) >= 11 is 4.87. The van der Waals surface area contributed by atoms with E-state index in [-0.39, 0.29) is 0 Å². The van der Waals surface area contributed by atoms with Gasteiger partial charge >= 0.3 is 0 Å². The van der Waals surface area contributed by atoms with E-state index >= 15 is 0 Å². The van der Waals surface area contributed by atoms with E-state index in [1.54, 1.807) is 24.6 Å². The highest BCUT2D eigenvalue weighted by Gasteiger charge is 2.08. The lowest BCUT2D eigenvalue weighted by Crippen LogP contribution is -1.98. The Labute approximate surface area is 121 Å². The maximum Gasteiger partial charge on any atom is 0.232 e. The molecule has 5 nitrogen and oxygen atoms in total. The van der Waals surface area contributed by atoms with Crippen LogP contribution in [0.5, 0.6) is 5.88 Å². The van der Waals surface area contributed by atoms with Crippen molar-refractivity contribution in [3.63, 3.8) is 0 Å². The first-order chi connectivity index (χ1) is 9.26. The molecule has 7 heteroatoms. The zero-order valence-electron chi connectivity index (χ0n) is 9.92. The van der Waals surface area contributed by atoms with Gasteiger partial charge in [-0.2, -0.15) is 4.98 Å². The van der Waals surface area contributed by atoms with Gasteiger partial charge in [0.25, 0.3) is 0 Å². The number of nitrogens with one attached hydrogen (secondary N) is 1. The predicted molar refractivity (Wildman–Crippen MR) is 79.2 cm³/mol. The van der Waals surface area contributed by atoms with Crippen molar-refractivity contribution in [2.75, 3.05) is 12.4 Å². The summed E-state index contributed by atoms with van der Waals surface area (Å²) in [5, 5.41) is 3.83. The first kappa shape index (κ1) is 12.3. The number of anilines is 2. The highest BCUT2D eigenvalue weighted by Crippen LogP contribution is 2.28. The van der Waals surface area contributed by atoms with Gasteiger partial charge in [0.05, 0.1) is 28.0 Å². The highest BCUT2D eigenvalue weighted by molar-refractivity contribution is 9.10. The molecule has 19 heavy (non-hydrogen) atoms. The molecule has 0 atom stereocenters. The first-order valence-electron chi connectivity index (χ1n) is 5.45. The Balaban J connectivity index is 1.92. The largest absolute Gasteiger partial charge is 0.480 e. The van der Waals surface area contributed by atoms with E-state index in [0.717, 1.165) is 15.3 Å². The van der Waals surface area contributed by atoms with E-state index in [2.05, 4.69) is 36.2 Å². The number of rotatable bonds is 3. The van der Waals surface area contributed by atoms with Crippen molar-refractivity contribution in [3.05, 3.63) is 34.9 Å². The van der Waals surface area contributed by atoms with Crippen LogP contribution in [0.2, 0.25) is 0 Å². The van der Waals surface area contributed by atoms with Crippen LogP contribution in [0.15, 0.2) is 34.9 Å². The van der Waals surface area contributed by atoms with Gasteiger partial charge < -0.3 is 4.74 Å². The van der Waals surface area contributed by atoms with Crippen molar-refractivity contribution in [2.24, 2.45) is 0 Å². The molecular weight excluding hydrogens is 328 g/mol. The lowest BCUT2D eigenvalue weighted by Gasteiger charge is -2.04. The van der Waals surface area contributed by atoms with Gasteiger partial charge in [0.1, 0.15) is 0 Å². The molecular formula is C12H9BrN4OS. The third-order valence-corrected chi connectivity index (χ3v) is 3.91. The lowest BCUT2D eigenvalue weighted by atomic mass is 10.3. The molecule has 1 N–H and O–H groups in total. The Hall–Kier alpha value is -1.73. The van der Waals surface area contributed by atoms with Crippen molar-refractivity contribution < 1.29 is 4.74 Å². The second kappa shape index (κ2) is 5.10. The third kappa shape index (κ3) is 2.52. The molecule has 2 heterocycles. The summed E-state index contributed by atoms with van der Waals surface area (Å²) in [5.41, 5.74) is 0.957. The van der Waals surface area contributed by atoms with Gasteiger partial charge in [0.2, 0.25) is 11.8 Å². The molecule has 0 saturated carbocycles. The fourth-order valence-corrected chi connectivity index (χ4v) is 2.79. The Morgan fingerprint density at radius 3 is 2.89 bits per heavy atom. The van der Waals surface area contributed by atoms with Gasteiger partial charge in [0, 0.05) is 0 Å². The van der Waals surface area contributed by atoms with Crippen LogP contribution in [0, 0.1) is 0 Å². The highest BCUT2D eigenvalue weighted by atomic mass is 79.9. The van der Waals surface area contributed by atoms with E-state index in [4.69, 9.17) is 4.74 Å². The number of ether oxygens (including phenoxy) is 1. The fraction of sp³-hybridized carbons (Fsp3) is 0.0833. The van der Waals surface area contributed by atoms with Crippen LogP contribution in [-0.4, -0.2) is 22.1 Å². The first-order valence-corrected chi connectivity index (χ1v) is 7.06. The Morgan fingerprint density at radius 2 is 2.11 bits per heavy atom. The van der Waals surface area contributed by atoms with Gasteiger partial charge in [-0.05, 0) is 28.1 Å². The Kier molecular flexibility index (Phi) is 3.31. The summed E-state index contributed by atoms with van der Waals surface area (Å²) in [7, 11) is 1.56. The number of fused-ring (bicyclic) bond motifs is 1. The predicted octanol–water partition coefficient (Wildman–Crippen LogP) is 3.60. The smallest absolute Gasteiger partial charge is 0.232 e. The van der Waals surface area contributed by atoms with Gasteiger partial charge in [0.15, 0.2) is 5.13 Å². The summed E-state index contributed by atoms with van der Waals surface area (Å²) in [5.74, 6) is 0.942. The van der Waals surface area contributed by atoms with Gasteiger partial charge in [-0.1, -0.05) is 23.5 Å². The van der Waals surface area contributed by atoms with Crippen molar-refractivity contribution in [1.29, 1.82) is 0 Å². The van der Waals surface area contributed by atoms with E-state index in [1.165, 1.54) is 0 Å². The molecule has 3 aromatic rings.